The van der Waals surface area contributed by atoms with Crippen LogP contribution in [0.25, 0.3) is 0 Å². The molecule has 1 aromatic carbocycles. The minimum absolute atomic E-state index is 0.608. The highest BCUT2D eigenvalue weighted by Crippen LogP contribution is 2.15. The SMILES string of the molecule is CCCc1nc(NN)cc(NCc2cccc(Cl)c2)n1. The zero-order chi connectivity index (χ0) is 14.4. The Kier molecular flexibility index (Phi) is 5.15. The Bertz CT molecular complexity index is 573. The molecular weight excluding hydrogens is 274 g/mol. The van der Waals surface area contributed by atoms with Crippen molar-refractivity contribution in [3.05, 3.63) is 46.7 Å². The van der Waals surface area contributed by atoms with Crippen molar-refractivity contribution in [3.63, 3.8) is 0 Å². The van der Waals surface area contributed by atoms with Crippen molar-refractivity contribution in [1.29, 1.82) is 0 Å². The maximum absolute atomic E-state index is 5.96. The zero-order valence-corrected chi connectivity index (χ0v) is 12.1. The first-order chi connectivity index (χ1) is 9.71. The van der Waals surface area contributed by atoms with Crippen molar-refractivity contribution in [2.24, 2.45) is 5.84 Å². The number of hydrogen-bond donors (Lipinski definition) is 3. The van der Waals surface area contributed by atoms with E-state index in [1.165, 1.54) is 0 Å². The van der Waals surface area contributed by atoms with Gasteiger partial charge in [0.15, 0.2) is 0 Å². The lowest BCUT2D eigenvalue weighted by Crippen LogP contribution is -2.12. The lowest BCUT2D eigenvalue weighted by molar-refractivity contribution is 0.834. The van der Waals surface area contributed by atoms with Gasteiger partial charge in [-0.25, -0.2) is 15.8 Å². The van der Waals surface area contributed by atoms with E-state index in [4.69, 9.17) is 17.4 Å². The van der Waals surface area contributed by atoms with Gasteiger partial charge < -0.3 is 10.7 Å². The molecule has 0 aliphatic carbocycles. The van der Waals surface area contributed by atoms with Gasteiger partial charge in [-0.3, -0.25) is 0 Å². The maximum Gasteiger partial charge on any atom is 0.145 e. The fourth-order valence-corrected chi connectivity index (χ4v) is 2.05. The molecule has 4 N–H and O–H groups in total. The van der Waals surface area contributed by atoms with Gasteiger partial charge in [-0.15, -0.1) is 0 Å². The predicted molar refractivity (Wildman–Crippen MR) is 82.6 cm³/mol. The van der Waals surface area contributed by atoms with Crippen molar-refractivity contribution in [3.8, 4) is 0 Å². The van der Waals surface area contributed by atoms with Crippen LogP contribution in [0.15, 0.2) is 30.3 Å². The second-order valence-corrected chi connectivity index (χ2v) is 4.87. The third-order valence-corrected chi connectivity index (χ3v) is 2.99. The topological polar surface area (TPSA) is 75.9 Å². The van der Waals surface area contributed by atoms with Crippen LogP contribution in [-0.4, -0.2) is 9.97 Å². The molecule has 0 unspecified atom stereocenters. The van der Waals surface area contributed by atoms with E-state index in [2.05, 4.69) is 27.6 Å². The van der Waals surface area contributed by atoms with Crippen LogP contribution in [0.2, 0.25) is 5.02 Å². The number of nitrogens with two attached hydrogens (primary N) is 1. The molecule has 20 heavy (non-hydrogen) atoms. The summed E-state index contributed by atoms with van der Waals surface area (Å²) in [6.07, 6.45) is 1.81. The van der Waals surface area contributed by atoms with Gasteiger partial charge in [0.25, 0.3) is 0 Å². The van der Waals surface area contributed by atoms with E-state index in [1.54, 1.807) is 6.07 Å². The van der Waals surface area contributed by atoms with Gasteiger partial charge in [-0.1, -0.05) is 30.7 Å². The number of aryl methyl sites for hydroxylation is 1. The lowest BCUT2D eigenvalue weighted by Gasteiger charge is -2.09. The number of nitrogens with zero attached hydrogens (tertiary/aromatic N) is 2. The van der Waals surface area contributed by atoms with Gasteiger partial charge in [-0.05, 0) is 24.1 Å². The van der Waals surface area contributed by atoms with Crippen LogP contribution in [0.4, 0.5) is 11.6 Å². The number of nitrogens with one attached hydrogen (secondary N) is 2. The Hall–Kier alpha value is -1.85. The molecule has 1 aromatic heterocycles. The molecule has 6 heteroatoms. The van der Waals surface area contributed by atoms with E-state index in [9.17, 15) is 0 Å². The molecule has 0 fully saturated rings. The smallest absolute Gasteiger partial charge is 0.145 e. The van der Waals surface area contributed by atoms with E-state index in [0.29, 0.717) is 12.4 Å². The number of aromatic nitrogens is 2. The van der Waals surface area contributed by atoms with E-state index < -0.39 is 0 Å². The molecule has 0 amide bonds. The molecule has 0 radical (unpaired) electrons. The summed E-state index contributed by atoms with van der Waals surface area (Å²) in [5.74, 6) is 7.55. The zero-order valence-electron chi connectivity index (χ0n) is 11.4. The van der Waals surface area contributed by atoms with Crippen LogP contribution in [0, 0.1) is 0 Å². The number of benzene rings is 1. The summed E-state index contributed by atoms with van der Waals surface area (Å²) in [4.78, 5) is 8.76. The lowest BCUT2D eigenvalue weighted by atomic mass is 10.2. The summed E-state index contributed by atoms with van der Waals surface area (Å²) in [5, 5.41) is 3.98. The van der Waals surface area contributed by atoms with Gasteiger partial charge in [0.1, 0.15) is 17.5 Å². The Labute approximate surface area is 123 Å². The van der Waals surface area contributed by atoms with E-state index in [1.807, 2.05) is 24.3 Å². The molecule has 0 spiro atoms. The van der Waals surface area contributed by atoms with Crippen molar-refractivity contribution in [1.82, 2.24) is 9.97 Å². The van der Waals surface area contributed by atoms with E-state index in [-0.39, 0.29) is 0 Å². The van der Waals surface area contributed by atoms with Gasteiger partial charge >= 0.3 is 0 Å². The molecule has 0 atom stereocenters. The second-order valence-electron chi connectivity index (χ2n) is 4.43. The summed E-state index contributed by atoms with van der Waals surface area (Å²) in [5.41, 5.74) is 3.65. The van der Waals surface area contributed by atoms with Crippen LogP contribution < -0.4 is 16.6 Å². The standard InChI is InChI=1S/C14H18ClN5/c1-2-4-12-18-13(8-14(19-12)20-16)17-9-10-5-3-6-11(15)7-10/h3,5-8H,2,4,9,16H2,1H3,(H2,17,18,19,20). The summed E-state index contributed by atoms with van der Waals surface area (Å²) >= 11 is 5.96. The molecule has 0 aliphatic heterocycles. The third-order valence-electron chi connectivity index (χ3n) is 2.76. The molecule has 106 valence electrons. The monoisotopic (exact) mass is 291 g/mol. The molecule has 1 heterocycles. The van der Waals surface area contributed by atoms with Crippen LogP contribution in [0.1, 0.15) is 24.7 Å². The average molecular weight is 292 g/mol. The highest BCUT2D eigenvalue weighted by atomic mass is 35.5. The first-order valence-corrected chi connectivity index (χ1v) is 6.92. The molecule has 2 rings (SSSR count). The number of hydrogen-bond acceptors (Lipinski definition) is 5. The second kappa shape index (κ2) is 7.07. The molecule has 5 nitrogen and oxygen atoms in total. The van der Waals surface area contributed by atoms with Crippen LogP contribution >= 0.6 is 11.6 Å². The average Bonchev–Trinajstić information content (AvgIpc) is 2.45. The quantitative estimate of drug-likeness (QED) is 0.563. The Balaban J connectivity index is 2.10. The number of nitrogen functional groups attached to an aromatic ring is 1. The number of rotatable bonds is 6. The summed E-state index contributed by atoms with van der Waals surface area (Å²) in [6.45, 7) is 2.73. The summed E-state index contributed by atoms with van der Waals surface area (Å²) < 4.78 is 0. The molecule has 0 saturated heterocycles. The van der Waals surface area contributed by atoms with Gasteiger partial charge in [0.2, 0.25) is 0 Å². The molecule has 0 aliphatic rings. The highest BCUT2D eigenvalue weighted by molar-refractivity contribution is 6.30. The largest absolute Gasteiger partial charge is 0.366 e. The number of anilines is 2. The summed E-state index contributed by atoms with van der Waals surface area (Å²) in [6, 6.07) is 9.49. The first kappa shape index (κ1) is 14.6. The minimum atomic E-state index is 0.608. The normalized spacial score (nSPS) is 10.3. The van der Waals surface area contributed by atoms with Crippen molar-refractivity contribution >= 4 is 23.2 Å². The molecular formula is C14H18ClN5. The van der Waals surface area contributed by atoms with Crippen LogP contribution in [0.5, 0.6) is 0 Å². The highest BCUT2D eigenvalue weighted by Gasteiger charge is 2.03. The van der Waals surface area contributed by atoms with Crippen LogP contribution in [-0.2, 0) is 13.0 Å². The van der Waals surface area contributed by atoms with E-state index >= 15 is 0 Å². The first-order valence-electron chi connectivity index (χ1n) is 6.54. The fourth-order valence-electron chi connectivity index (χ4n) is 1.84. The predicted octanol–water partition coefficient (Wildman–Crippen LogP) is 2.98. The maximum atomic E-state index is 5.96. The Morgan fingerprint density at radius 3 is 2.70 bits per heavy atom. The van der Waals surface area contributed by atoms with Crippen LogP contribution in [0.3, 0.4) is 0 Å². The van der Waals surface area contributed by atoms with Crippen molar-refractivity contribution < 1.29 is 0 Å². The molecule has 0 saturated carbocycles. The van der Waals surface area contributed by atoms with Crippen molar-refractivity contribution in [2.45, 2.75) is 26.3 Å². The van der Waals surface area contributed by atoms with Gasteiger partial charge in [-0.2, -0.15) is 0 Å². The molecule has 2 aromatic rings. The van der Waals surface area contributed by atoms with E-state index in [0.717, 1.165) is 35.1 Å². The fraction of sp³-hybridized carbons (Fsp3) is 0.286. The Morgan fingerprint density at radius 1 is 1.20 bits per heavy atom. The van der Waals surface area contributed by atoms with Crippen molar-refractivity contribution in [2.75, 3.05) is 10.7 Å². The number of hydrazine groups is 1. The molecule has 0 bridgehead atoms. The number of halogens is 1. The van der Waals surface area contributed by atoms with Gasteiger partial charge in [0, 0.05) is 24.1 Å². The Morgan fingerprint density at radius 2 is 2.00 bits per heavy atom. The third kappa shape index (κ3) is 4.08. The minimum Gasteiger partial charge on any atom is -0.366 e. The van der Waals surface area contributed by atoms with Gasteiger partial charge in [0.05, 0.1) is 0 Å². The summed E-state index contributed by atoms with van der Waals surface area (Å²) in [7, 11) is 0.